The van der Waals surface area contributed by atoms with Crippen molar-refractivity contribution in [3.8, 4) is 0 Å². The van der Waals surface area contributed by atoms with Crippen molar-refractivity contribution in [3.05, 3.63) is 35.4 Å². The zero-order valence-corrected chi connectivity index (χ0v) is 16.1. The number of nitrogens with one attached hydrogen (secondary N) is 1. The van der Waals surface area contributed by atoms with Crippen molar-refractivity contribution < 1.29 is 24.0 Å². The average Bonchev–Trinajstić information content (AvgIpc) is 2.59. The van der Waals surface area contributed by atoms with E-state index in [1.807, 2.05) is 13.8 Å². The largest absolute Gasteiger partial charge is 0.475 e. The van der Waals surface area contributed by atoms with Crippen LogP contribution in [0.5, 0.6) is 0 Å². The van der Waals surface area contributed by atoms with Crippen LogP contribution in [0.3, 0.4) is 0 Å². The fraction of sp³-hybridized carbons (Fsp3) is 0.526. The molecule has 0 aromatic heterocycles. The number of Topliss-reactive ketones (excluding diaryl/α,β-unsaturated/α-hetero) is 1. The number of ketones is 1. The molecule has 2 atom stereocenters. The normalized spacial score (nSPS) is 16.9. The first-order valence-corrected chi connectivity index (χ1v) is 9.34. The molecule has 0 spiro atoms. The zero-order chi connectivity index (χ0) is 20.8. The molecule has 1 fully saturated rings. The van der Waals surface area contributed by atoms with Crippen molar-refractivity contribution in [1.82, 2.24) is 5.32 Å². The highest BCUT2D eigenvalue weighted by molar-refractivity contribution is 6.43. The third kappa shape index (κ3) is 5.53. The van der Waals surface area contributed by atoms with Crippen molar-refractivity contribution >= 4 is 30.2 Å². The number of hydrogen-bond donors (Lipinski definition) is 3. The number of amides is 1. The summed E-state index contributed by atoms with van der Waals surface area (Å²) in [7, 11) is -1.66. The number of nitrogens with zero attached hydrogens (tertiary/aromatic N) is 2. The first kappa shape index (κ1) is 21.9. The van der Waals surface area contributed by atoms with Gasteiger partial charge < -0.3 is 20.3 Å². The molecule has 0 radical (unpaired) electrons. The molecule has 9 heteroatoms. The summed E-state index contributed by atoms with van der Waals surface area (Å²) < 4.78 is 14.2. The average molecular weight is 389 g/mol. The molecule has 1 amide bonds. The molecule has 1 heterocycles. The highest BCUT2D eigenvalue weighted by atomic mass is 19.1. The maximum Gasteiger partial charge on any atom is 0.475 e. The molecule has 28 heavy (non-hydrogen) atoms. The predicted molar refractivity (Wildman–Crippen MR) is 104 cm³/mol. The number of halogens is 1. The van der Waals surface area contributed by atoms with Crippen LogP contribution in [0.4, 0.5) is 15.8 Å². The number of carbonyl (C=O) groups is 2. The second kappa shape index (κ2) is 9.67. The topological polar surface area (TPSA) is 94.2 Å². The molecule has 150 valence electrons. The van der Waals surface area contributed by atoms with Gasteiger partial charge in [0.05, 0.1) is 24.2 Å². The van der Waals surface area contributed by atoms with E-state index in [0.29, 0.717) is 19.4 Å². The van der Waals surface area contributed by atoms with E-state index < -0.39 is 30.8 Å². The Hall–Kier alpha value is -2.44. The van der Waals surface area contributed by atoms with Crippen LogP contribution in [0, 0.1) is 18.3 Å². The monoisotopic (exact) mass is 389 g/mol. The molecule has 1 aromatic rings. The molecule has 2 unspecified atom stereocenters. The van der Waals surface area contributed by atoms with Gasteiger partial charge in [-0.15, -0.1) is 0 Å². The van der Waals surface area contributed by atoms with E-state index in [-0.39, 0.29) is 35.9 Å². The standard InChI is InChI=1S/C19H25BFN3O4/c1-12(2)10-18(20(27)28)23-19(26)7-6-17(25)16-8-9-24(16)15-5-4-13(22-3)11-14(15)21/h4-5,11-12,16,18,27-28H,6-10H2,1-2H3,(H,23,26). The van der Waals surface area contributed by atoms with Crippen LogP contribution < -0.4 is 10.2 Å². The molecule has 0 saturated carbocycles. The van der Waals surface area contributed by atoms with E-state index >= 15 is 0 Å². The minimum atomic E-state index is -1.66. The maximum atomic E-state index is 14.2. The number of anilines is 1. The van der Waals surface area contributed by atoms with Crippen molar-refractivity contribution in [2.75, 3.05) is 11.4 Å². The van der Waals surface area contributed by atoms with Gasteiger partial charge in [-0.05, 0) is 30.9 Å². The number of benzene rings is 1. The maximum absolute atomic E-state index is 14.2. The highest BCUT2D eigenvalue weighted by Crippen LogP contribution is 2.32. The van der Waals surface area contributed by atoms with E-state index in [1.54, 1.807) is 4.90 Å². The highest BCUT2D eigenvalue weighted by Gasteiger charge is 2.35. The Balaban J connectivity index is 1.89. The second-order valence-electron chi connectivity index (χ2n) is 7.43. The first-order valence-electron chi connectivity index (χ1n) is 9.34. The molecular weight excluding hydrogens is 364 g/mol. The van der Waals surface area contributed by atoms with Crippen molar-refractivity contribution in [3.63, 3.8) is 0 Å². The summed E-state index contributed by atoms with van der Waals surface area (Å²) in [4.78, 5) is 29.3. The van der Waals surface area contributed by atoms with Gasteiger partial charge >= 0.3 is 7.12 Å². The Morgan fingerprint density at radius 1 is 1.39 bits per heavy atom. The number of hydrogen-bond acceptors (Lipinski definition) is 5. The molecule has 0 bridgehead atoms. The lowest BCUT2D eigenvalue weighted by Gasteiger charge is -2.42. The van der Waals surface area contributed by atoms with E-state index in [1.165, 1.54) is 12.1 Å². The quantitative estimate of drug-likeness (QED) is 0.443. The van der Waals surface area contributed by atoms with Crippen molar-refractivity contribution in [1.29, 1.82) is 0 Å². The number of carbonyl (C=O) groups excluding carboxylic acids is 2. The molecular formula is C19H25BFN3O4. The van der Waals surface area contributed by atoms with Gasteiger partial charge in [0, 0.05) is 19.4 Å². The molecule has 0 aliphatic carbocycles. The van der Waals surface area contributed by atoms with Crippen LogP contribution in [-0.2, 0) is 9.59 Å². The van der Waals surface area contributed by atoms with Gasteiger partial charge in [-0.1, -0.05) is 19.9 Å². The Morgan fingerprint density at radius 3 is 2.61 bits per heavy atom. The summed E-state index contributed by atoms with van der Waals surface area (Å²) in [5.74, 6) is -1.75. The minimum Gasteiger partial charge on any atom is -0.426 e. The first-order chi connectivity index (χ1) is 13.2. The lowest BCUT2D eigenvalue weighted by molar-refractivity contribution is -0.126. The smallest absolute Gasteiger partial charge is 0.426 e. The van der Waals surface area contributed by atoms with Crippen LogP contribution in [0.15, 0.2) is 18.2 Å². The fourth-order valence-corrected chi connectivity index (χ4v) is 3.25. The Morgan fingerprint density at radius 2 is 2.11 bits per heavy atom. The molecule has 1 aromatic carbocycles. The SMILES string of the molecule is [C-]#[N+]c1ccc(N2CCC2C(=O)CCC(=O)NC(CC(C)C)B(O)O)c(F)c1. The minimum absolute atomic E-state index is 0.00925. The van der Waals surface area contributed by atoms with Gasteiger partial charge in [0.1, 0.15) is 5.82 Å². The molecule has 1 saturated heterocycles. The lowest BCUT2D eigenvalue weighted by atomic mass is 9.75. The zero-order valence-electron chi connectivity index (χ0n) is 16.1. The van der Waals surface area contributed by atoms with Crippen LogP contribution in [0.1, 0.15) is 39.5 Å². The molecule has 1 aliphatic rings. The van der Waals surface area contributed by atoms with Gasteiger partial charge in [0.2, 0.25) is 5.91 Å². The Labute approximate surface area is 164 Å². The van der Waals surface area contributed by atoms with E-state index in [0.717, 1.165) is 6.07 Å². The van der Waals surface area contributed by atoms with Gasteiger partial charge in [-0.2, -0.15) is 0 Å². The second-order valence-corrected chi connectivity index (χ2v) is 7.43. The van der Waals surface area contributed by atoms with Crippen molar-refractivity contribution in [2.45, 2.75) is 51.5 Å². The van der Waals surface area contributed by atoms with Gasteiger partial charge in [-0.25, -0.2) is 9.24 Å². The summed E-state index contributed by atoms with van der Waals surface area (Å²) in [6.45, 7) is 11.3. The Kier molecular flexibility index (Phi) is 7.55. The van der Waals surface area contributed by atoms with Crippen LogP contribution >= 0.6 is 0 Å². The molecule has 2 rings (SSSR count). The molecule has 3 N–H and O–H groups in total. The van der Waals surface area contributed by atoms with E-state index in [2.05, 4.69) is 10.2 Å². The van der Waals surface area contributed by atoms with Crippen molar-refractivity contribution in [2.24, 2.45) is 5.92 Å². The van der Waals surface area contributed by atoms with Crippen LogP contribution in [0.25, 0.3) is 4.85 Å². The summed E-state index contributed by atoms with van der Waals surface area (Å²) in [6.07, 6.45) is 0.914. The van der Waals surface area contributed by atoms with Crippen LogP contribution in [0.2, 0.25) is 0 Å². The number of rotatable bonds is 9. The van der Waals surface area contributed by atoms with Gasteiger partial charge in [-0.3, -0.25) is 9.59 Å². The van der Waals surface area contributed by atoms with Gasteiger partial charge in [0.15, 0.2) is 11.5 Å². The summed E-state index contributed by atoms with van der Waals surface area (Å²) in [5.41, 5.74) is 0.477. The Bertz CT molecular complexity index is 766. The fourth-order valence-electron chi connectivity index (χ4n) is 3.25. The van der Waals surface area contributed by atoms with Crippen LogP contribution in [-0.4, -0.2) is 47.4 Å². The third-order valence-corrected chi connectivity index (χ3v) is 4.79. The summed E-state index contributed by atoms with van der Waals surface area (Å²) >= 11 is 0. The third-order valence-electron chi connectivity index (χ3n) is 4.79. The summed E-state index contributed by atoms with van der Waals surface area (Å²) in [6, 6.07) is 3.66. The molecule has 7 nitrogen and oxygen atoms in total. The lowest BCUT2D eigenvalue weighted by Crippen LogP contribution is -2.53. The van der Waals surface area contributed by atoms with E-state index in [9.17, 15) is 24.0 Å². The predicted octanol–water partition coefficient (Wildman–Crippen LogP) is 1.85. The van der Waals surface area contributed by atoms with E-state index in [4.69, 9.17) is 6.57 Å². The van der Waals surface area contributed by atoms with Gasteiger partial charge in [0.25, 0.3) is 0 Å². The summed E-state index contributed by atoms with van der Waals surface area (Å²) in [5, 5.41) is 21.3. The molecule has 1 aliphatic heterocycles.